The van der Waals surface area contributed by atoms with E-state index in [4.69, 9.17) is 19.5 Å². The van der Waals surface area contributed by atoms with Crippen LogP contribution in [0.4, 0.5) is 5.69 Å². The van der Waals surface area contributed by atoms with Crippen molar-refractivity contribution in [2.45, 2.75) is 6.42 Å². The van der Waals surface area contributed by atoms with E-state index in [1.54, 1.807) is 63.7 Å². The van der Waals surface area contributed by atoms with Crippen molar-refractivity contribution in [3.63, 3.8) is 0 Å². The van der Waals surface area contributed by atoms with Crippen molar-refractivity contribution in [3.8, 4) is 17.6 Å². The van der Waals surface area contributed by atoms with Crippen molar-refractivity contribution < 1.29 is 19.0 Å². The van der Waals surface area contributed by atoms with Crippen LogP contribution in [-0.4, -0.2) is 40.4 Å². The molecular formula is C20H22N2O4. The number of rotatable bonds is 8. The van der Waals surface area contributed by atoms with Crippen molar-refractivity contribution in [2.24, 2.45) is 0 Å². The lowest BCUT2D eigenvalue weighted by atomic mass is 10.1. The first-order valence-electron chi connectivity index (χ1n) is 8.18. The predicted octanol–water partition coefficient (Wildman–Crippen LogP) is 3.26. The summed E-state index contributed by atoms with van der Waals surface area (Å²) in [5, 5.41) is 9.02. The normalized spacial score (nSPS) is 10.1. The number of hydrogen-bond donors (Lipinski definition) is 0. The van der Waals surface area contributed by atoms with Gasteiger partial charge in [0.05, 0.1) is 25.3 Å². The maximum atomic E-state index is 12.8. The quantitative estimate of drug-likeness (QED) is 0.681. The summed E-state index contributed by atoms with van der Waals surface area (Å²) in [6, 6.07) is 14.0. The van der Waals surface area contributed by atoms with Crippen LogP contribution < -0.4 is 14.4 Å². The molecule has 0 heterocycles. The molecule has 0 aliphatic heterocycles. The molecule has 6 heteroatoms. The minimum atomic E-state index is -0.204. The zero-order valence-corrected chi connectivity index (χ0v) is 15.2. The fourth-order valence-corrected chi connectivity index (χ4v) is 2.40. The third-order valence-electron chi connectivity index (χ3n) is 3.83. The highest BCUT2D eigenvalue weighted by Gasteiger charge is 2.16. The van der Waals surface area contributed by atoms with Crippen LogP contribution in [0.25, 0.3) is 0 Å². The highest BCUT2D eigenvalue weighted by Crippen LogP contribution is 2.29. The van der Waals surface area contributed by atoms with Crippen LogP contribution in [0.5, 0.6) is 11.5 Å². The lowest BCUT2D eigenvalue weighted by Crippen LogP contribution is -2.26. The minimum absolute atomic E-state index is 0.204. The third-order valence-corrected chi connectivity index (χ3v) is 3.83. The minimum Gasteiger partial charge on any atom is -0.493 e. The molecule has 0 aromatic heterocycles. The lowest BCUT2D eigenvalue weighted by Gasteiger charge is -2.19. The molecule has 0 atom stereocenters. The first-order chi connectivity index (χ1) is 12.6. The van der Waals surface area contributed by atoms with Crippen molar-refractivity contribution in [2.75, 3.05) is 39.4 Å². The maximum absolute atomic E-state index is 12.8. The molecule has 0 saturated carbocycles. The van der Waals surface area contributed by atoms with Gasteiger partial charge in [-0.15, -0.1) is 0 Å². The monoisotopic (exact) mass is 354 g/mol. The molecule has 2 rings (SSSR count). The second kappa shape index (κ2) is 9.44. The van der Waals surface area contributed by atoms with E-state index in [1.807, 2.05) is 0 Å². The van der Waals surface area contributed by atoms with E-state index in [9.17, 15) is 4.79 Å². The van der Waals surface area contributed by atoms with E-state index in [0.717, 1.165) is 6.42 Å². The van der Waals surface area contributed by atoms with Gasteiger partial charge in [-0.1, -0.05) is 6.07 Å². The predicted molar refractivity (Wildman–Crippen MR) is 98.9 cm³/mol. The number of ether oxygens (including phenoxy) is 3. The van der Waals surface area contributed by atoms with Crippen LogP contribution in [0.1, 0.15) is 22.3 Å². The fourth-order valence-electron chi connectivity index (χ4n) is 2.40. The summed E-state index contributed by atoms with van der Waals surface area (Å²) in [4.78, 5) is 14.3. The standard InChI is InChI=1S/C20H22N2O4/c1-22(17-7-4-6-15(12-17)14-21)20(23)16-8-9-18(25-3)19(13-16)26-11-5-10-24-2/h4,6-9,12-13H,5,10-11H2,1-3H3. The average molecular weight is 354 g/mol. The SMILES string of the molecule is COCCCOc1cc(C(=O)N(C)c2cccc(C#N)c2)ccc1OC. The van der Waals surface area contributed by atoms with Crippen molar-refractivity contribution in [1.82, 2.24) is 0 Å². The molecule has 2 aromatic carbocycles. The summed E-state index contributed by atoms with van der Waals surface area (Å²) >= 11 is 0. The Balaban J connectivity index is 2.20. The van der Waals surface area contributed by atoms with Crippen LogP contribution in [0.3, 0.4) is 0 Å². The highest BCUT2D eigenvalue weighted by molar-refractivity contribution is 6.06. The van der Waals surface area contributed by atoms with Crippen molar-refractivity contribution >= 4 is 11.6 Å². The molecular weight excluding hydrogens is 332 g/mol. The first-order valence-corrected chi connectivity index (χ1v) is 8.18. The Labute approximate surface area is 153 Å². The number of methoxy groups -OCH3 is 2. The molecule has 26 heavy (non-hydrogen) atoms. The van der Waals surface area contributed by atoms with Gasteiger partial charge in [0.15, 0.2) is 11.5 Å². The van der Waals surface area contributed by atoms with Crippen molar-refractivity contribution in [3.05, 3.63) is 53.6 Å². The number of anilines is 1. The number of benzene rings is 2. The molecule has 0 radical (unpaired) electrons. The van der Waals surface area contributed by atoms with Gasteiger partial charge in [0, 0.05) is 38.4 Å². The number of amides is 1. The van der Waals surface area contributed by atoms with Gasteiger partial charge in [0.2, 0.25) is 0 Å². The highest BCUT2D eigenvalue weighted by atomic mass is 16.5. The molecule has 6 nitrogen and oxygen atoms in total. The van der Waals surface area contributed by atoms with Gasteiger partial charge in [-0.05, 0) is 36.4 Å². The summed E-state index contributed by atoms with van der Waals surface area (Å²) in [5.41, 5.74) is 1.61. The molecule has 0 aliphatic rings. The molecule has 0 spiro atoms. The summed E-state index contributed by atoms with van der Waals surface area (Å²) in [7, 11) is 4.86. The molecule has 1 amide bonds. The van der Waals surface area contributed by atoms with Gasteiger partial charge < -0.3 is 19.1 Å². The molecule has 0 unspecified atom stereocenters. The summed E-state index contributed by atoms with van der Waals surface area (Å²) < 4.78 is 16.0. The van der Waals surface area contributed by atoms with E-state index >= 15 is 0 Å². The molecule has 136 valence electrons. The Hall–Kier alpha value is -3.04. The van der Waals surface area contributed by atoms with Crippen LogP contribution in [0.15, 0.2) is 42.5 Å². The number of carbonyl (C=O) groups is 1. The molecule has 0 aliphatic carbocycles. The summed E-state index contributed by atoms with van der Waals surface area (Å²) in [6.07, 6.45) is 0.735. The maximum Gasteiger partial charge on any atom is 0.258 e. The first kappa shape index (κ1) is 19.3. The average Bonchev–Trinajstić information content (AvgIpc) is 2.70. The van der Waals surface area contributed by atoms with Gasteiger partial charge in [0.25, 0.3) is 5.91 Å². The van der Waals surface area contributed by atoms with E-state index in [-0.39, 0.29) is 5.91 Å². The Bertz CT molecular complexity index is 799. The Morgan fingerprint density at radius 2 is 1.92 bits per heavy atom. The lowest BCUT2D eigenvalue weighted by molar-refractivity contribution is 0.0992. The zero-order chi connectivity index (χ0) is 18.9. The molecule has 0 N–H and O–H groups in total. The van der Waals surface area contributed by atoms with Crippen LogP contribution in [0.2, 0.25) is 0 Å². The summed E-state index contributed by atoms with van der Waals surface area (Å²) in [6.45, 7) is 1.06. The second-order valence-electron chi connectivity index (χ2n) is 5.59. The Kier molecular flexibility index (Phi) is 7.01. The van der Waals surface area contributed by atoms with Gasteiger partial charge in [-0.25, -0.2) is 0 Å². The number of carbonyl (C=O) groups excluding carboxylic acids is 1. The van der Waals surface area contributed by atoms with E-state index in [0.29, 0.717) is 41.5 Å². The van der Waals surface area contributed by atoms with Gasteiger partial charge in [-0.3, -0.25) is 4.79 Å². The molecule has 0 fully saturated rings. The van der Waals surface area contributed by atoms with Gasteiger partial charge in [-0.2, -0.15) is 5.26 Å². The largest absolute Gasteiger partial charge is 0.493 e. The second-order valence-corrected chi connectivity index (χ2v) is 5.59. The van der Waals surface area contributed by atoms with E-state index in [2.05, 4.69) is 6.07 Å². The number of nitrogens with zero attached hydrogens (tertiary/aromatic N) is 2. The zero-order valence-electron chi connectivity index (χ0n) is 15.2. The summed E-state index contributed by atoms with van der Waals surface area (Å²) in [5.74, 6) is 0.867. The smallest absolute Gasteiger partial charge is 0.258 e. The molecule has 2 aromatic rings. The number of nitriles is 1. The van der Waals surface area contributed by atoms with E-state index < -0.39 is 0 Å². The van der Waals surface area contributed by atoms with E-state index in [1.165, 1.54) is 4.90 Å². The van der Waals surface area contributed by atoms with Gasteiger partial charge in [0.1, 0.15) is 0 Å². The Morgan fingerprint density at radius 1 is 1.12 bits per heavy atom. The third kappa shape index (κ3) is 4.74. The van der Waals surface area contributed by atoms with Gasteiger partial charge >= 0.3 is 0 Å². The molecule has 0 bridgehead atoms. The number of hydrogen-bond acceptors (Lipinski definition) is 5. The van der Waals surface area contributed by atoms with Crippen LogP contribution >= 0.6 is 0 Å². The molecule has 0 saturated heterocycles. The topological polar surface area (TPSA) is 71.8 Å². The van der Waals surface area contributed by atoms with Crippen LogP contribution in [0, 0.1) is 11.3 Å². The van der Waals surface area contributed by atoms with Crippen molar-refractivity contribution in [1.29, 1.82) is 5.26 Å². The fraction of sp³-hybridized carbons (Fsp3) is 0.300. The Morgan fingerprint density at radius 3 is 2.62 bits per heavy atom. The van der Waals surface area contributed by atoms with Crippen LogP contribution in [-0.2, 0) is 4.74 Å².